The molecular weight excluding hydrogens is 240 g/mol. The van der Waals surface area contributed by atoms with Crippen LogP contribution in [0.15, 0.2) is 18.3 Å². The topological polar surface area (TPSA) is 16.1 Å². The molecule has 1 aromatic heterocycles. The minimum absolute atomic E-state index is 0.739. The van der Waals surface area contributed by atoms with Gasteiger partial charge in [-0.25, -0.2) is 4.98 Å². The van der Waals surface area contributed by atoms with Gasteiger partial charge in [-0.1, -0.05) is 22.0 Å². The second kappa shape index (κ2) is 4.30. The summed E-state index contributed by atoms with van der Waals surface area (Å²) < 4.78 is 0. The van der Waals surface area contributed by atoms with E-state index in [1.54, 1.807) is 0 Å². The Morgan fingerprint density at radius 3 is 2.79 bits per heavy atom. The molecule has 0 unspecified atom stereocenters. The Morgan fingerprint density at radius 2 is 2.29 bits per heavy atom. The molecular formula is C11H15BrN2. The third kappa shape index (κ3) is 2.27. The van der Waals surface area contributed by atoms with Crippen LogP contribution in [-0.4, -0.2) is 22.9 Å². The molecule has 0 saturated heterocycles. The number of alkyl halides is 1. The molecule has 1 fully saturated rings. The van der Waals surface area contributed by atoms with Crippen molar-refractivity contribution in [3.8, 4) is 0 Å². The molecule has 0 aliphatic heterocycles. The maximum absolute atomic E-state index is 4.46. The van der Waals surface area contributed by atoms with Gasteiger partial charge in [0.15, 0.2) is 0 Å². The molecule has 1 aliphatic carbocycles. The maximum atomic E-state index is 4.46. The van der Waals surface area contributed by atoms with Gasteiger partial charge < -0.3 is 4.90 Å². The van der Waals surface area contributed by atoms with Crippen molar-refractivity contribution < 1.29 is 0 Å². The van der Waals surface area contributed by atoms with Gasteiger partial charge in [-0.15, -0.1) is 0 Å². The molecule has 0 N–H and O–H groups in total. The van der Waals surface area contributed by atoms with Crippen LogP contribution in [-0.2, 0) is 0 Å². The zero-order chi connectivity index (χ0) is 9.97. The molecule has 0 bridgehead atoms. The van der Waals surface area contributed by atoms with Gasteiger partial charge in [0.2, 0.25) is 0 Å². The number of rotatable bonds is 4. The lowest BCUT2D eigenvalue weighted by Crippen LogP contribution is -2.28. The second-order valence-corrected chi connectivity index (χ2v) is 4.60. The van der Waals surface area contributed by atoms with E-state index < -0.39 is 0 Å². The Morgan fingerprint density at radius 1 is 1.50 bits per heavy atom. The van der Waals surface area contributed by atoms with E-state index in [0.29, 0.717) is 0 Å². The summed E-state index contributed by atoms with van der Waals surface area (Å²) in [5.41, 5.74) is 1.23. The van der Waals surface area contributed by atoms with Crippen molar-refractivity contribution in [3.05, 3.63) is 23.9 Å². The fraction of sp³-hybridized carbons (Fsp3) is 0.545. The van der Waals surface area contributed by atoms with Crippen molar-refractivity contribution in [1.82, 2.24) is 4.98 Å². The average molecular weight is 255 g/mol. The maximum Gasteiger partial charge on any atom is 0.128 e. The van der Waals surface area contributed by atoms with Crippen LogP contribution in [0.3, 0.4) is 0 Å². The first-order valence-corrected chi connectivity index (χ1v) is 6.18. The number of halogens is 1. The van der Waals surface area contributed by atoms with Crippen LogP contribution >= 0.6 is 15.9 Å². The standard InChI is InChI=1S/C11H15BrN2/c1-9-2-5-11(13-8-9)14(7-6-12)10-3-4-10/h2,5,8,10H,3-4,6-7H2,1H3. The quantitative estimate of drug-likeness (QED) is 0.769. The zero-order valence-electron chi connectivity index (χ0n) is 8.41. The zero-order valence-corrected chi connectivity index (χ0v) is 10.00. The van der Waals surface area contributed by atoms with E-state index in [1.165, 1.54) is 18.4 Å². The van der Waals surface area contributed by atoms with Crippen LogP contribution in [0.1, 0.15) is 18.4 Å². The Hall–Kier alpha value is -0.570. The highest BCUT2D eigenvalue weighted by Crippen LogP contribution is 2.30. The van der Waals surface area contributed by atoms with E-state index in [2.05, 4.69) is 44.9 Å². The van der Waals surface area contributed by atoms with Crippen LogP contribution in [0.4, 0.5) is 5.82 Å². The highest BCUT2D eigenvalue weighted by atomic mass is 79.9. The number of hydrogen-bond donors (Lipinski definition) is 0. The summed E-state index contributed by atoms with van der Waals surface area (Å²) in [4.78, 5) is 6.86. The van der Waals surface area contributed by atoms with Gasteiger partial charge >= 0.3 is 0 Å². The lowest BCUT2D eigenvalue weighted by Gasteiger charge is -2.22. The summed E-state index contributed by atoms with van der Waals surface area (Å²) in [5, 5.41) is 1.01. The first kappa shape index (κ1) is 9.97. The van der Waals surface area contributed by atoms with Crippen LogP contribution in [0.2, 0.25) is 0 Å². The Kier molecular flexibility index (Phi) is 3.06. The van der Waals surface area contributed by atoms with Gasteiger partial charge in [0.05, 0.1) is 0 Å². The largest absolute Gasteiger partial charge is 0.353 e. The van der Waals surface area contributed by atoms with Gasteiger partial charge in [0.25, 0.3) is 0 Å². The summed E-state index contributed by atoms with van der Waals surface area (Å²) in [6.45, 7) is 3.13. The van der Waals surface area contributed by atoms with Gasteiger partial charge in [0.1, 0.15) is 5.82 Å². The third-order valence-corrected chi connectivity index (χ3v) is 2.86. The van der Waals surface area contributed by atoms with Crippen molar-refractivity contribution in [2.45, 2.75) is 25.8 Å². The predicted molar refractivity (Wildman–Crippen MR) is 63.1 cm³/mol. The number of nitrogens with zero attached hydrogens (tertiary/aromatic N) is 2. The van der Waals surface area contributed by atoms with E-state index >= 15 is 0 Å². The van der Waals surface area contributed by atoms with Crippen molar-refractivity contribution in [2.75, 3.05) is 16.8 Å². The number of aromatic nitrogens is 1. The molecule has 3 heteroatoms. The average Bonchev–Trinajstić information content (AvgIpc) is 2.99. The lowest BCUT2D eigenvalue weighted by atomic mass is 10.3. The summed E-state index contributed by atoms with van der Waals surface area (Å²) >= 11 is 3.49. The van der Waals surface area contributed by atoms with E-state index in [4.69, 9.17) is 0 Å². The first-order chi connectivity index (χ1) is 6.81. The summed E-state index contributed by atoms with van der Waals surface area (Å²) in [5.74, 6) is 1.12. The van der Waals surface area contributed by atoms with Gasteiger partial charge in [-0.05, 0) is 31.4 Å². The summed E-state index contributed by atoms with van der Waals surface area (Å²) in [7, 11) is 0. The molecule has 0 atom stereocenters. The highest BCUT2D eigenvalue weighted by molar-refractivity contribution is 9.09. The van der Waals surface area contributed by atoms with Gasteiger partial charge in [-0.3, -0.25) is 0 Å². The van der Waals surface area contributed by atoms with E-state index in [0.717, 1.165) is 23.7 Å². The molecule has 0 spiro atoms. The molecule has 1 heterocycles. The molecule has 0 amide bonds. The molecule has 1 aromatic rings. The molecule has 76 valence electrons. The lowest BCUT2D eigenvalue weighted by molar-refractivity contribution is 0.815. The number of pyridine rings is 1. The monoisotopic (exact) mass is 254 g/mol. The van der Waals surface area contributed by atoms with Gasteiger partial charge in [0, 0.05) is 24.1 Å². The summed E-state index contributed by atoms with van der Waals surface area (Å²) in [6.07, 6.45) is 4.59. The molecule has 2 rings (SSSR count). The molecule has 1 aliphatic rings. The SMILES string of the molecule is Cc1ccc(N(CCBr)C2CC2)nc1. The number of anilines is 1. The highest BCUT2D eigenvalue weighted by Gasteiger charge is 2.29. The molecule has 14 heavy (non-hydrogen) atoms. The van der Waals surface area contributed by atoms with E-state index in [1.807, 2.05) is 6.20 Å². The fourth-order valence-electron chi connectivity index (χ4n) is 1.59. The van der Waals surface area contributed by atoms with Crippen LogP contribution in [0.25, 0.3) is 0 Å². The smallest absolute Gasteiger partial charge is 0.128 e. The minimum atomic E-state index is 0.739. The minimum Gasteiger partial charge on any atom is -0.353 e. The Labute approximate surface area is 93.5 Å². The van der Waals surface area contributed by atoms with Crippen molar-refractivity contribution in [2.24, 2.45) is 0 Å². The van der Waals surface area contributed by atoms with Crippen LogP contribution < -0.4 is 4.90 Å². The van der Waals surface area contributed by atoms with Crippen molar-refractivity contribution >= 4 is 21.7 Å². The second-order valence-electron chi connectivity index (χ2n) is 3.81. The Bertz CT molecular complexity index is 293. The number of aryl methyl sites for hydroxylation is 1. The van der Waals surface area contributed by atoms with Crippen molar-refractivity contribution in [1.29, 1.82) is 0 Å². The van der Waals surface area contributed by atoms with Crippen LogP contribution in [0, 0.1) is 6.92 Å². The molecule has 1 saturated carbocycles. The van der Waals surface area contributed by atoms with E-state index in [9.17, 15) is 0 Å². The van der Waals surface area contributed by atoms with Crippen LogP contribution in [0.5, 0.6) is 0 Å². The number of hydrogen-bond acceptors (Lipinski definition) is 2. The molecule has 2 nitrogen and oxygen atoms in total. The molecule has 0 radical (unpaired) electrons. The normalized spacial score (nSPS) is 15.6. The molecule has 0 aromatic carbocycles. The predicted octanol–water partition coefficient (Wildman–Crippen LogP) is 2.75. The van der Waals surface area contributed by atoms with Crippen molar-refractivity contribution in [3.63, 3.8) is 0 Å². The third-order valence-electron chi connectivity index (χ3n) is 2.50. The van der Waals surface area contributed by atoms with Gasteiger partial charge in [-0.2, -0.15) is 0 Å². The van der Waals surface area contributed by atoms with E-state index in [-0.39, 0.29) is 0 Å². The fourth-order valence-corrected chi connectivity index (χ4v) is 1.97. The first-order valence-electron chi connectivity index (χ1n) is 5.06. The Balaban J connectivity index is 2.13. The summed E-state index contributed by atoms with van der Waals surface area (Å²) in [6, 6.07) is 4.99.